The monoisotopic (exact) mass is 256 g/mol. The van der Waals surface area contributed by atoms with Crippen molar-refractivity contribution in [3.63, 3.8) is 0 Å². The van der Waals surface area contributed by atoms with Gasteiger partial charge >= 0.3 is 5.97 Å². The van der Waals surface area contributed by atoms with Crippen molar-refractivity contribution in [3.8, 4) is 0 Å². The highest BCUT2D eigenvalue weighted by atomic mass is 16.5. The maximum atomic E-state index is 11.3. The van der Waals surface area contributed by atoms with Gasteiger partial charge in [-0.25, -0.2) is 0 Å². The van der Waals surface area contributed by atoms with Crippen LogP contribution in [0.4, 0.5) is 0 Å². The number of esters is 1. The third-order valence-corrected chi connectivity index (χ3v) is 3.71. The lowest BCUT2D eigenvalue weighted by Gasteiger charge is -2.25. The first-order chi connectivity index (χ1) is 9.03. The van der Waals surface area contributed by atoms with Gasteiger partial charge in [-0.05, 0) is 28.2 Å². The van der Waals surface area contributed by atoms with Gasteiger partial charge in [0, 0.05) is 6.42 Å². The molecule has 0 spiro atoms. The Kier molecular flexibility index (Phi) is 3.89. The molecule has 2 rings (SSSR count). The molecule has 0 atom stereocenters. The Morgan fingerprint density at radius 1 is 1.11 bits per heavy atom. The van der Waals surface area contributed by atoms with E-state index in [2.05, 4.69) is 44.2 Å². The minimum absolute atomic E-state index is 0.0295. The summed E-state index contributed by atoms with van der Waals surface area (Å²) in [6.45, 7) is 4.33. The molecule has 0 radical (unpaired) electrons. The van der Waals surface area contributed by atoms with Crippen LogP contribution in [0.5, 0.6) is 0 Å². The summed E-state index contributed by atoms with van der Waals surface area (Å²) in [5.74, 6) is -0.145. The number of rotatable bonds is 4. The first-order valence-corrected chi connectivity index (χ1v) is 6.59. The Hall–Kier alpha value is -1.83. The first kappa shape index (κ1) is 13.6. The summed E-state index contributed by atoms with van der Waals surface area (Å²) < 4.78 is 4.71. The third kappa shape index (κ3) is 3.14. The molecule has 0 aliphatic carbocycles. The number of benzene rings is 2. The van der Waals surface area contributed by atoms with Crippen molar-refractivity contribution < 1.29 is 9.53 Å². The molecule has 0 saturated carbocycles. The Labute approximate surface area is 114 Å². The van der Waals surface area contributed by atoms with Gasteiger partial charge in [-0.2, -0.15) is 0 Å². The molecule has 2 heteroatoms. The zero-order chi connectivity index (χ0) is 13.9. The van der Waals surface area contributed by atoms with Crippen molar-refractivity contribution in [2.24, 2.45) is 0 Å². The quantitative estimate of drug-likeness (QED) is 0.771. The fraction of sp³-hybridized carbons (Fsp3) is 0.353. The fourth-order valence-corrected chi connectivity index (χ4v) is 2.27. The number of carbonyl (C=O) groups is 1. The summed E-state index contributed by atoms with van der Waals surface area (Å²) in [5, 5.41) is 2.49. The van der Waals surface area contributed by atoms with Gasteiger partial charge in [-0.1, -0.05) is 56.3 Å². The summed E-state index contributed by atoms with van der Waals surface area (Å²) in [4.78, 5) is 11.3. The molecule has 0 aromatic heterocycles. The lowest BCUT2D eigenvalue weighted by molar-refractivity contribution is -0.141. The van der Waals surface area contributed by atoms with Crippen LogP contribution in [0.2, 0.25) is 0 Å². The summed E-state index contributed by atoms with van der Waals surface area (Å²) in [6, 6.07) is 14.8. The number of ether oxygens (including phenoxy) is 1. The van der Waals surface area contributed by atoms with E-state index in [0.717, 1.165) is 6.42 Å². The van der Waals surface area contributed by atoms with Crippen molar-refractivity contribution in [2.75, 3.05) is 7.11 Å². The van der Waals surface area contributed by atoms with E-state index in [4.69, 9.17) is 4.74 Å². The van der Waals surface area contributed by atoms with Crippen molar-refractivity contribution in [1.29, 1.82) is 0 Å². The standard InChI is InChI=1S/C17H20O2/c1-17(2,11-10-16(18)19-3)15-9-8-13-6-4-5-7-14(13)12-15/h4-9,12H,10-11H2,1-3H3. The second kappa shape index (κ2) is 5.43. The van der Waals surface area contributed by atoms with Crippen molar-refractivity contribution in [1.82, 2.24) is 0 Å². The first-order valence-electron chi connectivity index (χ1n) is 6.59. The van der Waals surface area contributed by atoms with Crippen molar-refractivity contribution in [3.05, 3.63) is 48.0 Å². The largest absolute Gasteiger partial charge is 0.469 e. The van der Waals surface area contributed by atoms with Crippen LogP contribution in [0.25, 0.3) is 10.8 Å². The Bertz CT molecular complexity index is 585. The minimum Gasteiger partial charge on any atom is -0.469 e. The normalized spacial score (nSPS) is 11.5. The van der Waals surface area contributed by atoms with Crippen LogP contribution in [0.15, 0.2) is 42.5 Å². The van der Waals surface area contributed by atoms with E-state index in [1.807, 2.05) is 12.1 Å². The highest BCUT2D eigenvalue weighted by Gasteiger charge is 2.22. The molecule has 100 valence electrons. The van der Waals surface area contributed by atoms with E-state index in [1.165, 1.54) is 23.4 Å². The van der Waals surface area contributed by atoms with Crippen LogP contribution < -0.4 is 0 Å². The van der Waals surface area contributed by atoms with Crippen LogP contribution in [0, 0.1) is 0 Å². The summed E-state index contributed by atoms with van der Waals surface area (Å²) in [6.07, 6.45) is 1.24. The molecule has 0 fully saturated rings. The lowest BCUT2D eigenvalue weighted by Crippen LogP contribution is -2.19. The average molecular weight is 256 g/mol. The number of methoxy groups -OCH3 is 1. The second-order valence-electron chi connectivity index (χ2n) is 5.52. The maximum absolute atomic E-state index is 11.3. The fourth-order valence-electron chi connectivity index (χ4n) is 2.27. The molecule has 0 unspecified atom stereocenters. The molecule has 2 aromatic rings. The molecule has 0 heterocycles. The second-order valence-corrected chi connectivity index (χ2v) is 5.52. The van der Waals surface area contributed by atoms with Crippen molar-refractivity contribution in [2.45, 2.75) is 32.1 Å². The topological polar surface area (TPSA) is 26.3 Å². The number of fused-ring (bicyclic) bond motifs is 1. The molecular weight excluding hydrogens is 236 g/mol. The molecule has 0 bridgehead atoms. The van der Waals surface area contributed by atoms with Crippen LogP contribution in [-0.4, -0.2) is 13.1 Å². The van der Waals surface area contributed by atoms with Gasteiger partial charge in [0.2, 0.25) is 0 Å². The molecule has 0 N–H and O–H groups in total. The molecule has 0 aliphatic heterocycles. The predicted octanol–water partition coefficient (Wildman–Crippen LogP) is 4.07. The number of carbonyl (C=O) groups excluding carboxylic acids is 1. The van der Waals surface area contributed by atoms with E-state index < -0.39 is 0 Å². The van der Waals surface area contributed by atoms with Gasteiger partial charge in [0.05, 0.1) is 7.11 Å². The summed E-state index contributed by atoms with van der Waals surface area (Å²) in [7, 11) is 1.44. The van der Waals surface area contributed by atoms with Gasteiger partial charge < -0.3 is 4.74 Å². The molecule has 0 aliphatic rings. The molecule has 2 aromatic carbocycles. The molecule has 0 saturated heterocycles. The predicted molar refractivity (Wildman–Crippen MR) is 78.2 cm³/mol. The molecule has 2 nitrogen and oxygen atoms in total. The van der Waals surface area contributed by atoms with Gasteiger partial charge in [-0.3, -0.25) is 4.79 Å². The smallest absolute Gasteiger partial charge is 0.305 e. The average Bonchev–Trinajstić information content (AvgIpc) is 2.44. The van der Waals surface area contributed by atoms with Gasteiger partial charge in [0.1, 0.15) is 0 Å². The van der Waals surface area contributed by atoms with Crippen LogP contribution in [0.1, 0.15) is 32.3 Å². The van der Waals surface area contributed by atoms with Gasteiger partial charge in [-0.15, -0.1) is 0 Å². The number of hydrogen-bond acceptors (Lipinski definition) is 2. The SMILES string of the molecule is COC(=O)CCC(C)(C)c1ccc2ccccc2c1. The third-order valence-electron chi connectivity index (χ3n) is 3.71. The van der Waals surface area contributed by atoms with Crippen LogP contribution in [0.3, 0.4) is 0 Å². The lowest BCUT2D eigenvalue weighted by atomic mass is 9.80. The number of hydrogen-bond donors (Lipinski definition) is 0. The van der Waals surface area contributed by atoms with E-state index in [0.29, 0.717) is 6.42 Å². The Balaban J connectivity index is 2.24. The van der Waals surface area contributed by atoms with Gasteiger partial charge in [0.15, 0.2) is 0 Å². The molecular formula is C17H20O2. The maximum Gasteiger partial charge on any atom is 0.305 e. The van der Waals surface area contributed by atoms with Crippen LogP contribution >= 0.6 is 0 Å². The van der Waals surface area contributed by atoms with E-state index in [9.17, 15) is 4.79 Å². The molecule has 19 heavy (non-hydrogen) atoms. The molecule has 0 amide bonds. The summed E-state index contributed by atoms with van der Waals surface area (Å²) >= 11 is 0. The van der Waals surface area contributed by atoms with E-state index >= 15 is 0 Å². The van der Waals surface area contributed by atoms with Gasteiger partial charge in [0.25, 0.3) is 0 Å². The summed E-state index contributed by atoms with van der Waals surface area (Å²) in [5.41, 5.74) is 1.23. The Morgan fingerprint density at radius 2 is 1.79 bits per heavy atom. The zero-order valence-corrected chi connectivity index (χ0v) is 11.8. The minimum atomic E-state index is -0.145. The van der Waals surface area contributed by atoms with Crippen LogP contribution in [-0.2, 0) is 14.9 Å². The highest BCUT2D eigenvalue weighted by Crippen LogP contribution is 2.30. The van der Waals surface area contributed by atoms with E-state index in [1.54, 1.807) is 0 Å². The highest BCUT2D eigenvalue weighted by molar-refractivity contribution is 5.83. The van der Waals surface area contributed by atoms with E-state index in [-0.39, 0.29) is 11.4 Å². The Morgan fingerprint density at radius 3 is 2.47 bits per heavy atom. The van der Waals surface area contributed by atoms with Crippen molar-refractivity contribution >= 4 is 16.7 Å². The zero-order valence-electron chi connectivity index (χ0n) is 11.8.